The Balaban J connectivity index is 1.68. The van der Waals surface area contributed by atoms with Crippen LogP contribution in [-0.4, -0.2) is 67.6 Å². The van der Waals surface area contributed by atoms with Crippen molar-refractivity contribution in [2.75, 3.05) is 32.7 Å². The number of amides is 1. The zero-order valence-electron chi connectivity index (χ0n) is 25.6. The Morgan fingerprint density at radius 3 is 2.42 bits per heavy atom. The lowest BCUT2D eigenvalue weighted by Crippen LogP contribution is -2.47. The van der Waals surface area contributed by atoms with Gasteiger partial charge in [-0.3, -0.25) is 4.79 Å². The van der Waals surface area contributed by atoms with E-state index in [1.54, 1.807) is 6.07 Å². The van der Waals surface area contributed by atoms with Crippen molar-refractivity contribution in [3.63, 3.8) is 0 Å². The Kier molecular flexibility index (Phi) is 11.0. The number of nitrogens with zero attached hydrogens (tertiary/aromatic N) is 1. The van der Waals surface area contributed by atoms with Crippen molar-refractivity contribution in [2.45, 2.75) is 90.3 Å². The first-order valence-corrected chi connectivity index (χ1v) is 17.6. The fraction of sp³-hybridized carbons (Fsp3) is 0.594. The third kappa shape index (κ3) is 9.14. The molecule has 3 rings (SSSR count). The minimum atomic E-state index is -2.11. The van der Waals surface area contributed by atoms with Gasteiger partial charge in [0.25, 0.3) is 5.91 Å². The Bertz CT molecular complexity index is 1120. The average molecular weight is 570 g/mol. The quantitative estimate of drug-likeness (QED) is 0.242. The fourth-order valence-electron chi connectivity index (χ4n) is 4.89. The second kappa shape index (κ2) is 13.6. The van der Waals surface area contributed by atoms with E-state index >= 15 is 0 Å². The van der Waals surface area contributed by atoms with Gasteiger partial charge in [0.2, 0.25) is 0 Å². The molecule has 1 aliphatic heterocycles. The van der Waals surface area contributed by atoms with Crippen molar-refractivity contribution in [1.82, 2.24) is 15.5 Å². The lowest BCUT2D eigenvalue weighted by molar-refractivity contribution is 0.0949. The van der Waals surface area contributed by atoms with Crippen LogP contribution < -0.4 is 10.6 Å². The largest absolute Gasteiger partial charge is 0.508 e. The molecule has 222 valence electrons. The molecule has 0 saturated carbocycles. The van der Waals surface area contributed by atoms with Gasteiger partial charge in [0.1, 0.15) is 5.75 Å². The summed E-state index contributed by atoms with van der Waals surface area (Å²) in [6.45, 7) is 19.6. The highest BCUT2D eigenvalue weighted by atomic mass is 28.4. The van der Waals surface area contributed by atoms with Crippen molar-refractivity contribution in [1.29, 1.82) is 0 Å². The molecule has 2 aromatic rings. The molecular formula is C32H51N3O4Si. The summed E-state index contributed by atoms with van der Waals surface area (Å²) >= 11 is 0. The number of aliphatic hydroxyl groups is 1. The van der Waals surface area contributed by atoms with Gasteiger partial charge in [-0.1, -0.05) is 39.0 Å². The maximum Gasteiger partial charge on any atom is 0.251 e. The zero-order chi connectivity index (χ0) is 29.6. The van der Waals surface area contributed by atoms with Crippen LogP contribution in [0.4, 0.5) is 0 Å². The van der Waals surface area contributed by atoms with E-state index in [0.717, 1.165) is 37.2 Å². The molecule has 1 heterocycles. The highest BCUT2D eigenvalue weighted by Gasteiger charge is 2.39. The molecule has 1 saturated heterocycles. The van der Waals surface area contributed by atoms with E-state index in [9.17, 15) is 15.0 Å². The van der Waals surface area contributed by atoms with Gasteiger partial charge in [-0.2, -0.15) is 0 Å². The molecule has 1 fully saturated rings. The van der Waals surface area contributed by atoms with Crippen LogP contribution in [-0.2, 0) is 17.5 Å². The molecule has 0 aromatic heterocycles. The number of carbonyl (C=O) groups excluding carboxylic acids is 1. The summed E-state index contributed by atoms with van der Waals surface area (Å²) in [6.07, 6.45) is 3.01. The van der Waals surface area contributed by atoms with Gasteiger partial charge in [-0.25, -0.2) is 0 Å². The predicted octanol–water partition coefficient (Wildman–Crippen LogP) is 5.38. The second-order valence-corrected chi connectivity index (χ2v) is 18.1. The number of hydrogen-bond donors (Lipinski definition) is 4. The smallest absolute Gasteiger partial charge is 0.251 e. The highest BCUT2D eigenvalue weighted by Crippen LogP contribution is 2.40. The monoisotopic (exact) mass is 569 g/mol. The van der Waals surface area contributed by atoms with E-state index in [1.807, 2.05) is 30.3 Å². The molecule has 8 heteroatoms. The van der Waals surface area contributed by atoms with E-state index in [2.05, 4.69) is 69.3 Å². The fourth-order valence-corrected chi connectivity index (χ4v) is 6.18. The third-order valence-electron chi connectivity index (χ3n) is 8.40. The maximum atomic E-state index is 12.8. The van der Waals surface area contributed by atoms with Gasteiger partial charge in [0.15, 0.2) is 8.32 Å². The van der Waals surface area contributed by atoms with E-state index in [0.29, 0.717) is 24.2 Å². The van der Waals surface area contributed by atoms with Gasteiger partial charge in [0, 0.05) is 36.3 Å². The lowest BCUT2D eigenvalue weighted by Gasteiger charge is -2.40. The van der Waals surface area contributed by atoms with Crippen molar-refractivity contribution in [3.8, 4) is 5.75 Å². The van der Waals surface area contributed by atoms with Gasteiger partial charge in [-0.15, -0.1) is 0 Å². The van der Waals surface area contributed by atoms with Crippen molar-refractivity contribution in [2.24, 2.45) is 0 Å². The molecule has 0 aliphatic carbocycles. The van der Waals surface area contributed by atoms with Gasteiger partial charge in [-0.05, 0) is 99.7 Å². The zero-order valence-corrected chi connectivity index (χ0v) is 26.6. The van der Waals surface area contributed by atoms with Gasteiger partial charge < -0.3 is 30.2 Å². The number of nitrogens with one attached hydrogen (secondary N) is 2. The molecule has 1 atom stereocenters. The summed E-state index contributed by atoms with van der Waals surface area (Å²) in [7, 11) is -2.11. The molecule has 0 bridgehead atoms. The van der Waals surface area contributed by atoms with Crippen LogP contribution in [0.5, 0.6) is 5.75 Å². The molecule has 0 unspecified atom stereocenters. The molecule has 0 spiro atoms. The Labute approximate surface area is 242 Å². The molecular weight excluding hydrogens is 518 g/mol. The van der Waals surface area contributed by atoms with Crippen LogP contribution in [0.2, 0.25) is 18.1 Å². The molecule has 1 aliphatic rings. The molecule has 1 amide bonds. The Hall–Kier alpha value is -2.23. The summed E-state index contributed by atoms with van der Waals surface area (Å²) in [6, 6.07) is 13.3. The molecule has 2 aromatic carbocycles. The first-order valence-electron chi connectivity index (χ1n) is 14.7. The van der Waals surface area contributed by atoms with Crippen molar-refractivity contribution in [3.05, 3.63) is 64.7 Å². The summed E-state index contributed by atoms with van der Waals surface area (Å²) < 4.78 is 6.86. The van der Waals surface area contributed by atoms with E-state index < -0.39 is 8.32 Å². The minimum Gasteiger partial charge on any atom is -0.508 e. The van der Waals surface area contributed by atoms with Gasteiger partial charge >= 0.3 is 0 Å². The third-order valence-corrected chi connectivity index (χ3v) is 12.9. The number of likely N-dealkylation sites (tertiary alicyclic amines) is 1. The van der Waals surface area contributed by atoms with Crippen LogP contribution >= 0.6 is 0 Å². The predicted molar refractivity (Wildman–Crippen MR) is 165 cm³/mol. The molecule has 7 nitrogen and oxygen atoms in total. The number of carbonyl (C=O) groups is 1. The highest BCUT2D eigenvalue weighted by molar-refractivity contribution is 6.74. The first-order chi connectivity index (χ1) is 18.7. The maximum absolute atomic E-state index is 12.8. The first kappa shape index (κ1) is 32.3. The van der Waals surface area contributed by atoms with E-state index in [-0.39, 0.29) is 34.9 Å². The SMILES string of the molecule is CC(C)(Cc1cccc(C(=O)NCCN2CCCC2)c1)NC[C@H](O[Si](C)(C)C(C)(C)C)c1ccc(O)c(CO)c1. The lowest BCUT2D eigenvalue weighted by atomic mass is 9.93. The number of aliphatic hydroxyl groups excluding tert-OH is 1. The summed E-state index contributed by atoms with van der Waals surface area (Å²) in [5.74, 6) is 0.0623. The number of phenols is 1. The Morgan fingerprint density at radius 2 is 1.77 bits per heavy atom. The topological polar surface area (TPSA) is 94.1 Å². The summed E-state index contributed by atoms with van der Waals surface area (Å²) in [4.78, 5) is 15.2. The van der Waals surface area contributed by atoms with Crippen molar-refractivity contribution >= 4 is 14.2 Å². The minimum absolute atomic E-state index is 0.0262. The molecule has 4 N–H and O–H groups in total. The normalized spacial score (nSPS) is 15.8. The summed E-state index contributed by atoms with van der Waals surface area (Å²) in [5.41, 5.74) is 2.95. The van der Waals surface area contributed by atoms with Crippen molar-refractivity contribution < 1.29 is 19.4 Å². The van der Waals surface area contributed by atoms with Crippen LogP contribution in [0.15, 0.2) is 42.5 Å². The number of hydrogen-bond acceptors (Lipinski definition) is 6. The van der Waals surface area contributed by atoms with Crippen LogP contribution in [0.25, 0.3) is 0 Å². The van der Waals surface area contributed by atoms with Crippen LogP contribution in [0.3, 0.4) is 0 Å². The Morgan fingerprint density at radius 1 is 1.07 bits per heavy atom. The number of benzene rings is 2. The number of rotatable bonds is 13. The average Bonchev–Trinajstić information content (AvgIpc) is 3.39. The molecule has 0 radical (unpaired) electrons. The van der Waals surface area contributed by atoms with E-state index in [1.165, 1.54) is 12.8 Å². The molecule has 40 heavy (non-hydrogen) atoms. The number of aromatic hydroxyl groups is 1. The van der Waals surface area contributed by atoms with Gasteiger partial charge in [0.05, 0.1) is 12.7 Å². The summed E-state index contributed by atoms with van der Waals surface area (Å²) in [5, 5.41) is 26.7. The second-order valence-electron chi connectivity index (χ2n) is 13.4. The van der Waals surface area contributed by atoms with Crippen LogP contribution in [0, 0.1) is 0 Å². The van der Waals surface area contributed by atoms with E-state index in [4.69, 9.17) is 4.43 Å². The standard InChI is InChI=1S/C32H51N3O4Si/c1-31(2,3)40(6,7)39-29(25-13-14-28(37)27(20-25)23-36)22-34-32(4,5)21-24-11-10-12-26(19-24)30(38)33-15-18-35-16-8-9-17-35/h10-14,19-20,29,34,36-37H,8-9,15-18,21-23H2,1-7H3,(H,33,38)/t29-/m0/s1. The van der Waals surface area contributed by atoms with Crippen LogP contribution in [0.1, 0.15) is 80.6 Å².